The molecule has 0 unspecified atom stereocenters. The van der Waals surface area contributed by atoms with Gasteiger partial charge in [0.25, 0.3) is 0 Å². The summed E-state index contributed by atoms with van der Waals surface area (Å²) in [6, 6.07) is 3.64. The molecule has 0 amide bonds. The summed E-state index contributed by atoms with van der Waals surface area (Å²) >= 11 is 3.37. The molecule has 7 nitrogen and oxygen atoms in total. The van der Waals surface area contributed by atoms with Crippen LogP contribution in [0.15, 0.2) is 35.2 Å². The lowest BCUT2D eigenvalue weighted by atomic mass is 10.2. The Labute approximate surface area is 141 Å². The van der Waals surface area contributed by atoms with Gasteiger partial charge in [0.05, 0.1) is 21.0 Å². The van der Waals surface area contributed by atoms with E-state index in [0.29, 0.717) is 32.3 Å². The molecule has 0 saturated heterocycles. The van der Waals surface area contributed by atoms with Crippen LogP contribution in [0.3, 0.4) is 0 Å². The van der Waals surface area contributed by atoms with E-state index in [1.807, 2.05) is 12.1 Å². The Balaban J connectivity index is 2.21. The first-order chi connectivity index (χ1) is 10.9. The predicted molar refractivity (Wildman–Crippen MR) is 96.1 cm³/mol. The fourth-order valence-corrected chi connectivity index (χ4v) is 3.95. The van der Waals surface area contributed by atoms with Crippen molar-refractivity contribution >= 4 is 56.9 Å². The molecule has 1 aromatic carbocycles. The highest BCUT2D eigenvalue weighted by Gasteiger charge is 2.22. The topological polar surface area (TPSA) is 107 Å². The van der Waals surface area contributed by atoms with Gasteiger partial charge in [0.1, 0.15) is 18.5 Å². The minimum absolute atomic E-state index is 0.147. The van der Waals surface area contributed by atoms with E-state index in [-0.39, 0.29) is 5.95 Å². The Bertz CT molecular complexity index is 942. The molecular weight excluding hydrogens is 379 g/mol. The van der Waals surface area contributed by atoms with Gasteiger partial charge in [0.15, 0.2) is 0 Å². The first-order valence-corrected chi connectivity index (χ1v) is 10.1. The van der Waals surface area contributed by atoms with Crippen LogP contribution in [-0.4, -0.2) is 33.3 Å². The van der Waals surface area contributed by atoms with Gasteiger partial charge in [0, 0.05) is 18.6 Å². The van der Waals surface area contributed by atoms with E-state index in [9.17, 15) is 4.57 Å². The molecule has 2 heterocycles. The molecule has 3 rings (SSSR count). The molecule has 3 N–H and O–H groups in total. The summed E-state index contributed by atoms with van der Waals surface area (Å²) < 4.78 is 13.5. The Kier molecular flexibility index (Phi) is 4.04. The molecule has 23 heavy (non-hydrogen) atoms. The zero-order valence-electron chi connectivity index (χ0n) is 12.5. The van der Waals surface area contributed by atoms with Gasteiger partial charge in [-0.05, 0) is 41.4 Å². The Morgan fingerprint density at radius 1 is 1.17 bits per heavy atom. The third-order valence-corrected chi connectivity index (χ3v) is 5.28. The van der Waals surface area contributed by atoms with Crippen molar-refractivity contribution in [2.45, 2.75) is 0 Å². The van der Waals surface area contributed by atoms with E-state index >= 15 is 0 Å². The molecule has 0 fully saturated rings. The molecule has 0 aliphatic heterocycles. The number of hydrogen-bond acceptors (Lipinski definition) is 7. The standard InChI is InChI=1S/C14H14BrN6OP/c1-23(2,22)12-10(4-3-9-11(12)18-6-5-17-9)20-13-8(15)7-19-14(16)21-13/h3-7H,1-2H3,(H3,16,19,20,21). The Morgan fingerprint density at radius 2 is 1.91 bits per heavy atom. The SMILES string of the molecule is CP(C)(=O)c1c(Nc2nc(N)ncc2Br)ccc2nccnc12. The van der Waals surface area contributed by atoms with Gasteiger partial charge in [-0.2, -0.15) is 4.98 Å². The second-order valence-electron chi connectivity index (χ2n) is 5.29. The van der Waals surface area contributed by atoms with E-state index in [2.05, 4.69) is 41.2 Å². The third-order valence-electron chi connectivity index (χ3n) is 3.17. The number of nitrogens with two attached hydrogens (primary N) is 1. The second-order valence-corrected chi connectivity index (χ2v) is 9.29. The lowest BCUT2D eigenvalue weighted by molar-refractivity contribution is 0.588. The van der Waals surface area contributed by atoms with E-state index in [4.69, 9.17) is 5.73 Å². The number of hydrogen-bond donors (Lipinski definition) is 2. The van der Waals surface area contributed by atoms with Crippen LogP contribution in [0.1, 0.15) is 0 Å². The highest BCUT2D eigenvalue weighted by molar-refractivity contribution is 9.10. The second kappa shape index (κ2) is 5.86. The van der Waals surface area contributed by atoms with Crippen molar-refractivity contribution in [3.63, 3.8) is 0 Å². The predicted octanol–water partition coefficient (Wildman–Crippen LogP) is 2.76. The molecular formula is C14H14BrN6OP. The van der Waals surface area contributed by atoms with E-state index in [1.54, 1.807) is 31.9 Å². The molecule has 0 radical (unpaired) electrons. The third kappa shape index (κ3) is 3.18. The number of anilines is 3. The highest BCUT2D eigenvalue weighted by Crippen LogP contribution is 2.41. The van der Waals surface area contributed by atoms with Crippen LogP contribution in [-0.2, 0) is 4.57 Å². The molecule has 0 aliphatic rings. The van der Waals surface area contributed by atoms with Gasteiger partial charge < -0.3 is 15.6 Å². The monoisotopic (exact) mass is 392 g/mol. The summed E-state index contributed by atoms with van der Waals surface area (Å²) in [5.41, 5.74) is 7.60. The van der Waals surface area contributed by atoms with Crippen molar-refractivity contribution in [1.82, 2.24) is 19.9 Å². The minimum atomic E-state index is -2.62. The quantitative estimate of drug-likeness (QED) is 0.659. The molecule has 9 heteroatoms. The van der Waals surface area contributed by atoms with Crippen molar-refractivity contribution in [2.24, 2.45) is 0 Å². The first kappa shape index (κ1) is 15.8. The van der Waals surface area contributed by atoms with Crippen LogP contribution >= 0.6 is 23.1 Å². The van der Waals surface area contributed by atoms with Crippen molar-refractivity contribution in [2.75, 3.05) is 24.4 Å². The summed E-state index contributed by atoms with van der Waals surface area (Å²) in [5.74, 6) is 0.643. The van der Waals surface area contributed by atoms with E-state index in [0.717, 1.165) is 0 Å². The smallest absolute Gasteiger partial charge is 0.222 e. The van der Waals surface area contributed by atoms with Gasteiger partial charge >= 0.3 is 0 Å². The van der Waals surface area contributed by atoms with Crippen molar-refractivity contribution in [3.8, 4) is 0 Å². The van der Waals surface area contributed by atoms with Gasteiger partial charge in [-0.3, -0.25) is 9.97 Å². The van der Waals surface area contributed by atoms with Crippen molar-refractivity contribution in [1.29, 1.82) is 0 Å². The molecule has 0 spiro atoms. The Hall–Kier alpha value is -2.05. The molecule has 0 saturated carbocycles. The number of fused-ring (bicyclic) bond motifs is 1. The van der Waals surface area contributed by atoms with Crippen molar-refractivity contribution < 1.29 is 4.57 Å². The van der Waals surface area contributed by atoms with Crippen LogP contribution in [0.2, 0.25) is 0 Å². The molecule has 0 bridgehead atoms. The van der Waals surface area contributed by atoms with Crippen LogP contribution < -0.4 is 16.4 Å². The minimum Gasteiger partial charge on any atom is -0.368 e. The Morgan fingerprint density at radius 3 is 2.65 bits per heavy atom. The zero-order valence-corrected chi connectivity index (χ0v) is 15.0. The average Bonchev–Trinajstić information content (AvgIpc) is 2.49. The van der Waals surface area contributed by atoms with Crippen LogP contribution in [0.4, 0.5) is 17.5 Å². The fraction of sp³-hybridized carbons (Fsp3) is 0.143. The maximum Gasteiger partial charge on any atom is 0.222 e. The lowest BCUT2D eigenvalue weighted by Gasteiger charge is -2.17. The summed E-state index contributed by atoms with van der Waals surface area (Å²) in [6.45, 7) is 3.40. The number of aromatic nitrogens is 4. The lowest BCUT2D eigenvalue weighted by Crippen LogP contribution is -2.14. The maximum atomic E-state index is 12.8. The summed E-state index contributed by atoms with van der Waals surface area (Å²) in [4.78, 5) is 16.7. The van der Waals surface area contributed by atoms with Crippen molar-refractivity contribution in [3.05, 3.63) is 35.2 Å². The molecule has 2 aromatic heterocycles. The normalized spacial score (nSPS) is 11.6. The van der Waals surface area contributed by atoms with Crippen LogP contribution in [0, 0.1) is 0 Å². The summed E-state index contributed by atoms with van der Waals surface area (Å²) in [7, 11) is -2.62. The van der Waals surface area contributed by atoms with E-state index < -0.39 is 7.14 Å². The summed E-state index contributed by atoms with van der Waals surface area (Å²) in [5, 5.41) is 3.79. The number of nitrogen functional groups attached to an aromatic ring is 1. The molecule has 3 aromatic rings. The first-order valence-electron chi connectivity index (χ1n) is 6.70. The van der Waals surface area contributed by atoms with Gasteiger partial charge in [-0.1, -0.05) is 0 Å². The highest BCUT2D eigenvalue weighted by atomic mass is 79.9. The van der Waals surface area contributed by atoms with Gasteiger partial charge in [-0.25, -0.2) is 4.98 Å². The maximum absolute atomic E-state index is 12.8. The number of nitrogens with zero attached hydrogens (tertiary/aromatic N) is 4. The molecule has 0 aliphatic carbocycles. The van der Waals surface area contributed by atoms with E-state index in [1.165, 1.54) is 0 Å². The fourth-order valence-electron chi connectivity index (χ4n) is 2.26. The molecule has 0 atom stereocenters. The van der Waals surface area contributed by atoms with Crippen LogP contribution in [0.25, 0.3) is 11.0 Å². The van der Waals surface area contributed by atoms with Gasteiger partial charge in [0.2, 0.25) is 5.95 Å². The largest absolute Gasteiger partial charge is 0.368 e. The number of nitrogens with one attached hydrogen (secondary N) is 1. The number of benzene rings is 1. The van der Waals surface area contributed by atoms with Crippen LogP contribution in [0.5, 0.6) is 0 Å². The molecule has 118 valence electrons. The van der Waals surface area contributed by atoms with Gasteiger partial charge in [-0.15, -0.1) is 0 Å². The zero-order chi connectivity index (χ0) is 16.6. The average molecular weight is 393 g/mol. The number of halogens is 1. The summed E-state index contributed by atoms with van der Waals surface area (Å²) in [6.07, 6.45) is 4.75. The number of rotatable bonds is 3.